The third-order valence-electron chi connectivity index (χ3n) is 2.63. The van der Waals surface area contributed by atoms with Crippen molar-refractivity contribution in [1.82, 2.24) is 5.43 Å². The van der Waals surface area contributed by atoms with Gasteiger partial charge in [0, 0.05) is 10.6 Å². The largest absolute Gasteiger partial charge is 0.465 e. The fraction of sp³-hybridized carbons (Fsp3) is 0.154. The quantitative estimate of drug-likeness (QED) is 0.261. The number of carbonyl (C=O) groups excluding carboxylic acids is 1. The lowest BCUT2D eigenvalue weighted by molar-refractivity contribution is 0.0952. The molecule has 0 saturated carbocycles. The van der Waals surface area contributed by atoms with Crippen molar-refractivity contribution in [3.8, 4) is 0 Å². The predicted molar refractivity (Wildman–Crippen MR) is 75.5 cm³/mol. The molecule has 100 valence electrons. The molecule has 0 atom stereocenters. The number of nitrogen functional groups attached to an aromatic ring is 2. The number of amides is 1. The van der Waals surface area contributed by atoms with Crippen LogP contribution in [0.1, 0.15) is 21.9 Å². The highest BCUT2D eigenvalue weighted by Crippen LogP contribution is 2.29. The molecule has 1 aromatic heterocycles. The van der Waals surface area contributed by atoms with Crippen molar-refractivity contribution in [3.05, 3.63) is 47.4 Å². The highest BCUT2D eigenvalue weighted by atomic mass is 32.2. The van der Waals surface area contributed by atoms with E-state index >= 15 is 0 Å². The molecule has 0 unspecified atom stereocenters. The van der Waals surface area contributed by atoms with E-state index in [1.54, 1.807) is 24.8 Å². The fourth-order valence-electron chi connectivity index (χ4n) is 1.68. The molecule has 0 aliphatic heterocycles. The molecule has 2 aromatic rings. The number of thioether (sulfide) groups is 1. The second-order valence-corrected chi connectivity index (χ2v) is 5.00. The smallest absolute Gasteiger partial charge is 0.268 e. The number of hydrogen-bond donors (Lipinski definition) is 3. The van der Waals surface area contributed by atoms with Gasteiger partial charge in [0.2, 0.25) is 0 Å². The maximum Gasteiger partial charge on any atom is 0.268 e. The van der Waals surface area contributed by atoms with Gasteiger partial charge < -0.3 is 10.2 Å². The third-order valence-corrected chi connectivity index (χ3v) is 3.75. The molecule has 5 N–H and O–H groups in total. The van der Waals surface area contributed by atoms with Crippen LogP contribution in [0.5, 0.6) is 0 Å². The summed E-state index contributed by atoms with van der Waals surface area (Å²) in [5.41, 5.74) is 9.14. The van der Waals surface area contributed by atoms with Crippen molar-refractivity contribution in [1.29, 1.82) is 0 Å². The van der Waals surface area contributed by atoms with Crippen molar-refractivity contribution < 1.29 is 9.21 Å². The van der Waals surface area contributed by atoms with E-state index in [1.807, 2.05) is 24.3 Å². The molecule has 1 heterocycles. The number of hydrazine groups is 1. The summed E-state index contributed by atoms with van der Waals surface area (Å²) in [6, 6.07) is 9.31. The monoisotopic (exact) mass is 277 g/mol. The lowest BCUT2D eigenvalue weighted by Gasteiger charge is -2.02. The SMILES string of the molecule is Cc1oc(CSc2ccccc2N)cc1C(=O)NN. The van der Waals surface area contributed by atoms with Gasteiger partial charge in [0.1, 0.15) is 11.5 Å². The van der Waals surface area contributed by atoms with Crippen molar-refractivity contribution >= 4 is 23.4 Å². The Kier molecular flexibility index (Phi) is 4.13. The fourth-order valence-corrected chi connectivity index (χ4v) is 2.53. The molecule has 0 saturated heterocycles. The molecular formula is C13H15N3O2S. The van der Waals surface area contributed by atoms with E-state index in [2.05, 4.69) is 5.43 Å². The van der Waals surface area contributed by atoms with Gasteiger partial charge in [0.25, 0.3) is 5.91 Å². The van der Waals surface area contributed by atoms with Crippen LogP contribution in [0.15, 0.2) is 39.6 Å². The van der Waals surface area contributed by atoms with E-state index in [0.29, 0.717) is 22.8 Å². The van der Waals surface area contributed by atoms with Gasteiger partial charge in [-0.25, -0.2) is 5.84 Å². The maximum atomic E-state index is 11.5. The van der Waals surface area contributed by atoms with Gasteiger partial charge in [0.15, 0.2) is 0 Å². The van der Waals surface area contributed by atoms with E-state index in [9.17, 15) is 4.79 Å². The van der Waals surface area contributed by atoms with Crippen molar-refractivity contribution in [2.45, 2.75) is 17.6 Å². The highest BCUT2D eigenvalue weighted by Gasteiger charge is 2.14. The van der Waals surface area contributed by atoms with E-state index in [1.165, 1.54) is 0 Å². The average molecular weight is 277 g/mol. The van der Waals surface area contributed by atoms with Crippen LogP contribution in [0.25, 0.3) is 0 Å². The molecule has 1 aromatic carbocycles. The minimum atomic E-state index is -0.350. The zero-order valence-corrected chi connectivity index (χ0v) is 11.3. The first kappa shape index (κ1) is 13.5. The van der Waals surface area contributed by atoms with Crippen LogP contribution < -0.4 is 17.0 Å². The number of anilines is 1. The third kappa shape index (κ3) is 3.10. The molecule has 0 radical (unpaired) electrons. The van der Waals surface area contributed by atoms with Crippen molar-refractivity contribution in [3.63, 3.8) is 0 Å². The number of nitrogens with two attached hydrogens (primary N) is 2. The minimum absolute atomic E-state index is 0.350. The van der Waals surface area contributed by atoms with Gasteiger partial charge in [-0.05, 0) is 25.1 Å². The normalized spacial score (nSPS) is 10.4. The molecule has 0 fully saturated rings. The Labute approximate surface area is 115 Å². The molecular weight excluding hydrogens is 262 g/mol. The Morgan fingerprint density at radius 2 is 2.16 bits per heavy atom. The van der Waals surface area contributed by atoms with Gasteiger partial charge >= 0.3 is 0 Å². The zero-order valence-electron chi connectivity index (χ0n) is 10.5. The molecule has 0 bridgehead atoms. The summed E-state index contributed by atoms with van der Waals surface area (Å²) in [6.07, 6.45) is 0. The molecule has 6 heteroatoms. The van der Waals surface area contributed by atoms with Gasteiger partial charge in [-0.2, -0.15) is 0 Å². The Morgan fingerprint density at radius 3 is 2.84 bits per heavy atom. The molecule has 1 amide bonds. The molecule has 2 rings (SSSR count). The van der Waals surface area contributed by atoms with E-state index in [4.69, 9.17) is 16.0 Å². The van der Waals surface area contributed by atoms with Gasteiger partial charge in [-0.15, -0.1) is 11.8 Å². The van der Waals surface area contributed by atoms with Crippen LogP contribution in [0.3, 0.4) is 0 Å². The molecule has 0 aliphatic rings. The number of hydrogen-bond acceptors (Lipinski definition) is 5. The number of nitrogens with one attached hydrogen (secondary N) is 1. The van der Waals surface area contributed by atoms with Crippen LogP contribution in [-0.4, -0.2) is 5.91 Å². The van der Waals surface area contributed by atoms with Gasteiger partial charge in [0.05, 0.1) is 11.3 Å². The maximum absolute atomic E-state index is 11.5. The number of para-hydroxylation sites is 1. The number of furan rings is 1. The van der Waals surface area contributed by atoms with E-state index in [-0.39, 0.29) is 5.91 Å². The Balaban J connectivity index is 2.09. The van der Waals surface area contributed by atoms with E-state index in [0.717, 1.165) is 10.6 Å². The summed E-state index contributed by atoms with van der Waals surface area (Å²) in [6.45, 7) is 1.73. The first-order valence-corrected chi connectivity index (χ1v) is 6.68. The summed E-state index contributed by atoms with van der Waals surface area (Å²) >= 11 is 1.56. The van der Waals surface area contributed by atoms with Crippen molar-refractivity contribution in [2.24, 2.45) is 5.84 Å². The Morgan fingerprint density at radius 1 is 1.42 bits per heavy atom. The number of carbonyl (C=O) groups is 1. The summed E-state index contributed by atoms with van der Waals surface area (Å²) in [5.74, 6) is 6.63. The summed E-state index contributed by atoms with van der Waals surface area (Å²) < 4.78 is 5.52. The van der Waals surface area contributed by atoms with Crippen LogP contribution >= 0.6 is 11.8 Å². The van der Waals surface area contributed by atoms with Crippen LogP contribution in [-0.2, 0) is 5.75 Å². The number of rotatable bonds is 4. The summed E-state index contributed by atoms with van der Waals surface area (Å²) in [7, 11) is 0. The van der Waals surface area contributed by atoms with Gasteiger partial charge in [-0.1, -0.05) is 12.1 Å². The predicted octanol–water partition coefficient (Wildman–Crippen LogP) is 2.07. The zero-order chi connectivity index (χ0) is 13.8. The molecule has 5 nitrogen and oxygen atoms in total. The van der Waals surface area contributed by atoms with Crippen LogP contribution in [0, 0.1) is 6.92 Å². The summed E-state index contributed by atoms with van der Waals surface area (Å²) in [4.78, 5) is 12.4. The van der Waals surface area contributed by atoms with E-state index < -0.39 is 0 Å². The molecule has 19 heavy (non-hydrogen) atoms. The lowest BCUT2D eigenvalue weighted by Crippen LogP contribution is -2.30. The van der Waals surface area contributed by atoms with Crippen LogP contribution in [0.4, 0.5) is 5.69 Å². The first-order chi connectivity index (χ1) is 9.11. The Hall–Kier alpha value is -1.92. The highest BCUT2D eigenvalue weighted by molar-refractivity contribution is 7.98. The Bertz CT molecular complexity index is 595. The standard InChI is InChI=1S/C13H15N3O2S/c1-8-10(13(17)16-15)6-9(18-8)7-19-12-5-3-2-4-11(12)14/h2-6H,7,14-15H2,1H3,(H,16,17). The molecule has 0 aliphatic carbocycles. The number of benzene rings is 1. The first-order valence-electron chi connectivity index (χ1n) is 5.69. The minimum Gasteiger partial charge on any atom is -0.465 e. The molecule has 0 spiro atoms. The second-order valence-electron chi connectivity index (χ2n) is 3.98. The van der Waals surface area contributed by atoms with Crippen LogP contribution in [0.2, 0.25) is 0 Å². The van der Waals surface area contributed by atoms with Gasteiger partial charge in [-0.3, -0.25) is 10.2 Å². The average Bonchev–Trinajstić information content (AvgIpc) is 2.78. The lowest BCUT2D eigenvalue weighted by atomic mass is 10.2. The summed E-state index contributed by atoms with van der Waals surface area (Å²) in [5, 5.41) is 0. The number of aryl methyl sites for hydroxylation is 1. The topological polar surface area (TPSA) is 94.3 Å². The second kappa shape index (κ2) is 5.81. The van der Waals surface area contributed by atoms with Crippen molar-refractivity contribution in [2.75, 3.05) is 5.73 Å².